The summed E-state index contributed by atoms with van der Waals surface area (Å²) in [6.07, 6.45) is 0. The molecule has 0 aliphatic heterocycles. The van der Waals surface area contributed by atoms with Crippen LogP contribution >= 0.6 is 31.9 Å². The van der Waals surface area contributed by atoms with Crippen molar-refractivity contribution in [3.8, 4) is 0 Å². The molecule has 0 radical (unpaired) electrons. The van der Waals surface area contributed by atoms with E-state index in [0.717, 1.165) is 6.07 Å². The number of aromatic carboxylic acids is 2. The molecule has 4 nitrogen and oxygen atoms in total. The van der Waals surface area contributed by atoms with Gasteiger partial charge in [0.15, 0.2) is 0 Å². The number of carboxylic acids is 2. The molecule has 0 fully saturated rings. The van der Waals surface area contributed by atoms with Crippen LogP contribution in [0, 0.1) is 0 Å². The molecule has 0 aromatic heterocycles. The maximum atomic E-state index is 10.5. The third-order valence-corrected chi connectivity index (χ3v) is 2.81. The summed E-state index contributed by atoms with van der Waals surface area (Å²) >= 11 is 5.93. The molecule has 8 heteroatoms. The fourth-order valence-corrected chi connectivity index (χ4v) is 2.18. The van der Waals surface area contributed by atoms with E-state index in [2.05, 4.69) is 31.9 Å². The molecule has 0 aliphatic carbocycles. The molecular formula is C8H2Ag2Br2O4. The molecule has 0 heterocycles. The van der Waals surface area contributed by atoms with Gasteiger partial charge in [0.25, 0.3) is 0 Å². The van der Waals surface area contributed by atoms with Gasteiger partial charge in [-0.2, -0.15) is 0 Å². The average Bonchev–Trinajstić information content (AvgIpc) is 2.02. The zero-order valence-electron chi connectivity index (χ0n) is 7.15. The van der Waals surface area contributed by atoms with Crippen molar-refractivity contribution in [2.75, 3.05) is 0 Å². The summed E-state index contributed by atoms with van der Waals surface area (Å²) < 4.78 is 0.490. The van der Waals surface area contributed by atoms with Gasteiger partial charge in [0, 0.05) is 20.1 Å². The monoisotopic (exact) mass is 534 g/mol. The van der Waals surface area contributed by atoms with E-state index >= 15 is 0 Å². The summed E-state index contributed by atoms with van der Waals surface area (Å²) in [5.74, 6) is -2.90. The van der Waals surface area contributed by atoms with E-state index < -0.39 is 11.9 Å². The van der Waals surface area contributed by atoms with Gasteiger partial charge in [0.2, 0.25) is 0 Å². The quantitative estimate of drug-likeness (QED) is 0.495. The van der Waals surface area contributed by atoms with Gasteiger partial charge < -0.3 is 19.8 Å². The molecule has 0 spiro atoms. The second-order valence-corrected chi connectivity index (χ2v) is 4.10. The SMILES string of the molecule is O=C([O-])c1cc(C(=O)[O-])c(Br)cc1Br.[Ag+].[Ag+]. The molecule has 0 saturated heterocycles. The van der Waals surface area contributed by atoms with Gasteiger partial charge in [-0.1, -0.05) is 31.9 Å². The summed E-state index contributed by atoms with van der Waals surface area (Å²) in [6, 6.07) is 2.29. The van der Waals surface area contributed by atoms with Gasteiger partial charge in [-0.25, -0.2) is 0 Å². The minimum Gasteiger partial charge on any atom is -0.545 e. The summed E-state index contributed by atoms with van der Waals surface area (Å²) in [5, 5.41) is 21.1. The van der Waals surface area contributed by atoms with Gasteiger partial charge in [0.05, 0.1) is 11.9 Å². The standard InChI is InChI=1S/C8H4Br2O4.2Ag/c9-5-2-6(10)4(8(13)14)1-3(5)7(11)12;;/h1-2H,(H,11,12)(H,13,14);;/q;2*+1/p-2. The predicted octanol–water partition coefficient (Wildman–Crippen LogP) is -0.0664. The zero-order valence-corrected chi connectivity index (χ0v) is 13.3. The zero-order chi connectivity index (χ0) is 10.9. The minimum absolute atomic E-state index is 0. The third-order valence-electron chi connectivity index (χ3n) is 1.50. The number of hydrogen-bond donors (Lipinski definition) is 0. The first-order valence-corrected chi connectivity index (χ1v) is 4.94. The number of rotatable bonds is 2. The van der Waals surface area contributed by atoms with Crippen molar-refractivity contribution >= 4 is 43.8 Å². The smallest absolute Gasteiger partial charge is 0.545 e. The Balaban J connectivity index is 0. The molecule has 0 N–H and O–H groups in total. The average molecular weight is 538 g/mol. The molecule has 16 heavy (non-hydrogen) atoms. The first kappa shape index (κ1) is 19.0. The third kappa shape index (κ3) is 4.46. The normalized spacial score (nSPS) is 8.62. The van der Waals surface area contributed by atoms with Crippen LogP contribution in [0.1, 0.15) is 20.7 Å². The number of benzene rings is 1. The van der Waals surface area contributed by atoms with Gasteiger partial charge in [-0.3, -0.25) is 0 Å². The maximum Gasteiger partial charge on any atom is 1.00 e. The van der Waals surface area contributed by atoms with Crippen LogP contribution in [0.25, 0.3) is 0 Å². The summed E-state index contributed by atoms with van der Waals surface area (Å²) in [6.45, 7) is 0. The molecular weight excluding hydrogens is 536 g/mol. The fourth-order valence-electron chi connectivity index (χ4n) is 0.862. The van der Waals surface area contributed by atoms with Gasteiger partial charge >= 0.3 is 44.8 Å². The summed E-state index contributed by atoms with van der Waals surface area (Å²) in [7, 11) is 0. The Morgan fingerprint density at radius 2 is 1.19 bits per heavy atom. The second kappa shape index (κ2) is 7.84. The molecule has 0 atom stereocenters. The van der Waals surface area contributed by atoms with Crippen LogP contribution in [0.4, 0.5) is 0 Å². The van der Waals surface area contributed by atoms with E-state index in [1.807, 2.05) is 0 Å². The number of carbonyl (C=O) groups excluding carboxylic acids is 2. The van der Waals surface area contributed by atoms with E-state index in [1.165, 1.54) is 6.07 Å². The Morgan fingerprint density at radius 1 is 0.875 bits per heavy atom. The first-order valence-electron chi connectivity index (χ1n) is 3.35. The topological polar surface area (TPSA) is 80.3 Å². The van der Waals surface area contributed by atoms with Crippen molar-refractivity contribution in [2.24, 2.45) is 0 Å². The summed E-state index contributed by atoms with van der Waals surface area (Å²) in [5.41, 5.74) is -0.459. The van der Waals surface area contributed by atoms with Gasteiger partial charge in [0.1, 0.15) is 0 Å². The molecule has 0 bridgehead atoms. The molecule has 1 aromatic carbocycles. The summed E-state index contributed by atoms with van der Waals surface area (Å²) in [4.78, 5) is 21.1. The number of halogens is 2. The van der Waals surface area contributed by atoms with E-state index in [4.69, 9.17) is 0 Å². The fraction of sp³-hybridized carbons (Fsp3) is 0. The van der Waals surface area contributed by atoms with Crippen LogP contribution < -0.4 is 10.2 Å². The minimum atomic E-state index is -1.45. The van der Waals surface area contributed by atoms with Crippen LogP contribution in [-0.2, 0) is 44.8 Å². The Kier molecular flexibility index (Phi) is 9.28. The second-order valence-electron chi connectivity index (χ2n) is 2.39. The molecule has 1 rings (SSSR count). The molecule has 1 aromatic rings. The Bertz CT molecular complexity index is 387. The molecule has 94 valence electrons. The van der Waals surface area contributed by atoms with E-state index in [1.54, 1.807) is 0 Å². The van der Waals surface area contributed by atoms with Crippen LogP contribution in [0.2, 0.25) is 0 Å². The molecule has 0 unspecified atom stereocenters. The largest absolute Gasteiger partial charge is 1.00 e. The van der Waals surface area contributed by atoms with Crippen molar-refractivity contribution in [3.63, 3.8) is 0 Å². The van der Waals surface area contributed by atoms with E-state index in [0.29, 0.717) is 0 Å². The predicted molar refractivity (Wildman–Crippen MR) is 50.5 cm³/mol. The number of carboxylic acid groups (broad SMARTS) is 2. The van der Waals surface area contributed by atoms with Crippen LogP contribution in [0.5, 0.6) is 0 Å². The Hall–Kier alpha value is 0.601. The first-order chi connectivity index (χ1) is 6.43. The van der Waals surface area contributed by atoms with Crippen molar-refractivity contribution < 1.29 is 64.6 Å². The van der Waals surface area contributed by atoms with E-state index in [-0.39, 0.29) is 64.8 Å². The Labute approximate surface area is 139 Å². The number of carbonyl (C=O) groups is 2. The molecule has 0 saturated carbocycles. The molecule has 0 amide bonds. The maximum absolute atomic E-state index is 10.5. The van der Waals surface area contributed by atoms with E-state index in [9.17, 15) is 19.8 Å². The number of hydrogen-bond acceptors (Lipinski definition) is 4. The van der Waals surface area contributed by atoms with Crippen molar-refractivity contribution in [3.05, 3.63) is 32.2 Å². The van der Waals surface area contributed by atoms with Crippen LogP contribution in [0.15, 0.2) is 21.1 Å². The van der Waals surface area contributed by atoms with Gasteiger partial charge in [-0.15, -0.1) is 0 Å². The van der Waals surface area contributed by atoms with Crippen molar-refractivity contribution in [2.45, 2.75) is 0 Å². The molecule has 0 aliphatic rings. The van der Waals surface area contributed by atoms with Crippen LogP contribution in [-0.4, -0.2) is 11.9 Å². The van der Waals surface area contributed by atoms with Crippen molar-refractivity contribution in [1.82, 2.24) is 0 Å². The van der Waals surface area contributed by atoms with Crippen LogP contribution in [0.3, 0.4) is 0 Å². The van der Waals surface area contributed by atoms with Crippen molar-refractivity contribution in [1.29, 1.82) is 0 Å². The van der Waals surface area contributed by atoms with Gasteiger partial charge in [-0.05, 0) is 12.1 Å². The Morgan fingerprint density at radius 3 is 1.44 bits per heavy atom.